The van der Waals surface area contributed by atoms with Crippen LogP contribution < -0.4 is 0 Å². The highest BCUT2D eigenvalue weighted by Crippen LogP contribution is 2.44. The summed E-state index contributed by atoms with van der Waals surface area (Å²) in [6, 6.07) is 26.7. The molecule has 0 spiro atoms. The summed E-state index contributed by atoms with van der Waals surface area (Å²) in [6.45, 7) is 8.39. The highest BCUT2D eigenvalue weighted by atomic mass is 14.3. The van der Waals surface area contributed by atoms with Crippen LogP contribution in [0.15, 0.2) is 72.8 Å². The van der Waals surface area contributed by atoms with Gasteiger partial charge in [-0.2, -0.15) is 0 Å². The van der Waals surface area contributed by atoms with Crippen molar-refractivity contribution < 1.29 is 0 Å². The summed E-state index contributed by atoms with van der Waals surface area (Å²) in [7, 11) is 0. The summed E-state index contributed by atoms with van der Waals surface area (Å²) in [5.41, 5.74) is 5.91. The molecule has 0 saturated heterocycles. The Labute approximate surface area is 182 Å². The van der Waals surface area contributed by atoms with Crippen molar-refractivity contribution in [3.8, 4) is 0 Å². The van der Waals surface area contributed by atoms with Crippen LogP contribution in [-0.4, -0.2) is 0 Å². The Balaban J connectivity index is 0.000000134. The predicted molar refractivity (Wildman–Crippen MR) is 133 cm³/mol. The van der Waals surface area contributed by atoms with Crippen molar-refractivity contribution in [3.05, 3.63) is 95.1 Å². The van der Waals surface area contributed by atoms with Crippen molar-refractivity contribution in [1.29, 1.82) is 0 Å². The van der Waals surface area contributed by atoms with Gasteiger partial charge in [0, 0.05) is 0 Å². The van der Waals surface area contributed by atoms with E-state index in [9.17, 15) is 0 Å². The molecule has 0 amide bonds. The second-order valence-electron chi connectivity index (χ2n) is 8.58. The van der Waals surface area contributed by atoms with Crippen LogP contribution in [-0.2, 0) is 0 Å². The Hall–Kier alpha value is -2.60. The van der Waals surface area contributed by atoms with Gasteiger partial charge >= 0.3 is 0 Å². The normalized spacial score (nSPS) is 15.2. The van der Waals surface area contributed by atoms with Crippen LogP contribution in [0.1, 0.15) is 73.6 Å². The van der Waals surface area contributed by atoms with E-state index >= 15 is 0 Å². The molecule has 2 fully saturated rings. The van der Waals surface area contributed by atoms with E-state index in [-0.39, 0.29) is 0 Å². The van der Waals surface area contributed by atoms with Crippen molar-refractivity contribution in [1.82, 2.24) is 0 Å². The van der Waals surface area contributed by atoms with Gasteiger partial charge in [-0.15, -0.1) is 0 Å². The second kappa shape index (κ2) is 9.04. The van der Waals surface area contributed by atoms with Crippen LogP contribution in [0.25, 0.3) is 21.5 Å². The lowest BCUT2D eigenvalue weighted by atomic mass is 9.98. The van der Waals surface area contributed by atoms with Crippen LogP contribution >= 0.6 is 0 Å². The summed E-state index contributed by atoms with van der Waals surface area (Å²) in [4.78, 5) is 0. The van der Waals surface area contributed by atoms with E-state index in [0.717, 1.165) is 11.8 Å². The summed E-state index contributed by atoms with van der Waals surface area (Å²) in [5, 5.41) is 5.79. The van der Waals surface area contributed by atoms with Crippen LogP contribution in [0, 0.1) is 13.8 Å². The van der Waals surface area contributed by atoms with E-state index < -0.39 is 0 Å². The second-order valence-corrected chi connectivity index (χ2v) is 8.58. The predicted octanol–water partition coefficient (Wildman–Crippen LogP) is 9.08. The van der Waals surface area contributed by atoms with Gasteiger partial charge in [-0.3, -0.25) is 0 Å². The van der Waals surface area contributed by atoms with Gasteiger partial charge in [-0.05, 0) is 95.2 Å². The molecule has 154 valence electrons. The third kappa shape index (κ3) is 4.29. The summed E-state index contributed by atoms with van der Waals surface area (Å²) in [5.74, 6) is 1.70. The van der Waals surface area contributed by atoms with Crippen molar-refractivity contribution in [2.24, 2.45) is 0 Å². The Morgan fingerprint density at radius 3 is 1.13 bits per heavy atom. The van der Waals surface area contributed by atoms with E-state index in [1.54, 1.807) is 11.1 Å². The van der Waals surface area contributed by atoms with E-state index in [0.29, 0.717) is 0 Å². The molecular weight excluding hydrogens is 360 g/mol. The maximum atomic E-state index is 2.31. The van der Waals surface area contributed by atoms with Crippen LogP contribution in [0.4, 0.5) is 0 Å². The van der Waals surface area contributed by atoms with Gasteiger partial charge in [0.15, 0.2) is 0 Å². The minimum atomic E-state index is 0.848. The molecule has 30 heavy (non-hydrogen) atoms. The monoisotopic (exact) mass is 394 g/mol. The molecule has 0 atom stereocenters. The fourth-order valence-corrected chi connectivity index (χ4v) is 4.45. The van der Waals surface area contributed by atoms with Crippen molar-refractivity contribution >= 4 is 21.5 Å². The first-order valence-corrected chi connectivity index (χ1v) is 11.7. The Kier molecular flexibility index (Phi) is 6.23. The molecule has 0 heteroatoms. The quantitative estimate of drug-likeness (QED) is 0.318. The van der Waals surface area contributed by atoms with Gasteiger partial charge in [-0.25, -0.2) is 0 Å². The highest BCUT2D eigenvalue weighted by molar-refractivity contribution is 5.90. The molecule has 0 bridgehead atoms. The minimum Gasteiger partial charge on any atom is -0.0683 e. The first-order valence-electron chi connectivity index (χ1n) is 11.7. The molecule has 0 unspecified atom stereocenters. The fraction of sp³-hybridized carbons (Fsp3) is 0.333. The smallest absolute Gasteiger partial charge is 0.0146 e. The van der Waals surface area contributed by atoms with Gasteiger partial charge in [0.25, 0.3) is 0 Å². The van der Waals surface area contributed by atoms with Gasteiger partial charge in [0.1, 0.15) is 0 Å². The molecule has 4 aromatic carbocycles. The van der Waals surface area contributed by atoms with Crippen LogP contribution in [0.3, 0.4) is 0 Å². The summed E-state index contributed by atoms with van der Waals surface area (Å²) >= 11 is 0. The topological polar surface area (TPSA) is 0 Å². The van der Waals surface area contributed by atoms with Gasteiger partial charge in [0.05, 0.1) is 0 Å². The average Bonchev–Trinajstić information content (AvgIpc) is 3.71. The zero-order valence-electron chi connectivity index (χ0n) is 18.9. The van der Waals surface area contributed by atoms with E-state index in [1.165, 1.54) is 58.4 Å². The van der Waals surface area contributed by atoms with E-state index in [1.807, 2.05) is 13.8 Å². The molecule has 2 aliphatic rings. The van der Waals surface area contributed by atoms with E-state index in [4.69, 9.17) is 0 Å². The molecule has 0 N–H and O–H groups in total. The minimum absolute atomic E-state index is 0.848. The van der Waals surface area contributed by atoms with Crippen molar-refractivity contribution in [2.45, 2.75) is 65.2 Å². The molecule has 2 aliphatic carbocycles. The fourth-order valence-electron chi connectivity index (χ4n) is 4.45. The number of hydrogen-bond acceptors (Lipinski definition) is 0. The largest absolute Gasteiger partial charge is 0.0683 e. The average molecular weight is 395 g/mol. The Morgan fingerprint density at radius 1 is 0.467 bits per heavy atom. The third-order valence-corrected chi connectivity index (χ3v) is 6.39. The van der Waals surface area contributed by atoms with Gasteiger partial charge < -0.3 is 0 Å². The molecule has 0 nitrogen and oxygen atoms in total. The van der Waals surface area contributed by atoms with Crippen molar-refractivity contribution in [2.75, 3.05) is 0 Å². The molecule has 0 heterocycles. The maximum Gasteiger partial charge on any atom is -0.0146 e. The lowest BCUT2D eigenvalue weighted by molar-refractivity contribution is 1.15. The number of hydrogen-bond donors (Lipinski definition) is 0. The number of benzene rings is 4. The number of fused-ring (bicyclic) bond motifs is 2. The summed E-state index contributed by atoms with van der Waals surface area (Å²) in [6.07, 6.45) is 5.53. The van der Waals surface area contributed by atoms with Crippen LogP contribution in [0.2, 0.25) is 0 Å². The molecule has 2 saturated carbocycles. The lowest BCUT2D eigenvalue weighted by Crippen LogP contribution is -1.85. The molecule has 0 aromatic heterocycles. The molecular formula is C30H34. The zero-order chi connectivity index (χ0) is 21.1. The van der Waals surface area contributed by atoms with Gasteiger partial charge in [0.2, 0.25) is 0 Å². The molecule has 0 aliphatic heterocycles. The Morgan fingerprint density at radius 2 is 0.800 bits per heavy atom. The standard InChI is InChI=1S/2C14H14.C2H6/c2*1-10-6-9-13(11-7-8-11)14-5-3-2-4-12(10)14;1-2/h2*2-6,9,11H,7-8H2,1H3;1-2H3. The SMILES string of the molecule is CC.Cc1ccc(C2CC2)c2ccccc12.Cc1ccc(C2CC2)c2ccccc12. The Bertz CT molecular complexity index is 1050. The third-order valence-electron chi connectivity index (χ3n) is 6.39. The molecule has 6 rings (SSSR count). The number of rotatable bonds is 2. The van der Waals surface area contributed by atoms with Crippen molar-refractivity contribution in [3.63, 3.8) is 0 Å². The molecule has 0 radical (unpaired) electrons. The van der Waals surface area contributed by atoms with Gasteiger partial charge in [-0.1, -0.05) is 86.6 Å². The lowest BCUT2D eigenvalue weighted by Gasteiger charge is -2.07. The first kappa shape index (κ1) is 20.7. The summed E-state index contributed by atoms with van der Waals surface area (Å²) < 4.78 is 0. The highest BCUT2D eigenvalue weighted by Gasteiger charge is 2.25. The number of aryl methyl sites for hydroxylation is 2. The first-order chi connectivity index (χ1) is 14.7. The maximum absolute atomic E-state index is 2.31. The van der Waals surface area contributed by atoms with Crippen LogP contribution in [0.5, 0.6) is 0 Å². The zero-order valence-corrected chi connectivity index (χ0v) is 18.9. The van der Waals surface area contributed by atoms with E-state index in [2.05, 4.69) is 86.6 Å². The molecule has 4 aromatic rings.